The second kappa shape index (κ2) is 22.2. The quantitative estimate of drug-likeness (QED) is 0.0589. The highest BCUT2D eigenvalue weighted by atomic mass is 16.5. The molecule has 72 heavy (non-hydrogen) atoms. The lowest BCUT2D eigenvalue weighted by Crippen LogP contribution is -2.52. The number of aromatic nitrogens is 3. The molecule has 2 saturated heterocycles. The molecule has 4 amide bonds. The summed E-state index contributed by atoms with van der Waals surface area (Å²) in [5, 5.41) is 6.62. The van der Waals surface area contributed by atoms with Crippen LogP contribution in [0.2, 0.25) is 0 Å². The van der Waals surface area contributed by atoms with Crippen molar-refractivity contribution < 1.29 is 28.7 Å². The summed E-state index contributed by atoms with van der Waals surface area (Å²) in [5.41, 5.74) is 7.56. The molecular weight excluding hydrogens is 907 g/mol. The molecule has 6 heterocycles. The number of nitrogens with zero attached hydrogens (tertiary/aromatic N) is 7. The Morgan fingerprint density at radius 1 is 0.806 bits per heavy atom. The first-order valence-corrected chi connectivity index (χ1v) is 25.1. The summed E-state index contributed by atoms with van der Waals surface area (Å²) >= 11 is 0. The van der Waals surface area contributed by atoms with E-state index in [0.717, 1.165) is 121 Å². The fraction of sp³-hybridized carbons (Fsp3) is 0.351. The van der Waals surface area contributed by atoms with E-state index in [1.165, 1.54) is 0 Å². The standard InChI is InChI=1S/C57H59N9O6/c1-58-54-46-25-28-65(37-49(46)60-53(62-54)43-34-42-11-4-5-13-48(42)59-35-43)56(69)41-19-15-40(16-20-41)38-72-44-21-17-39(18-22-44)10-9-27-64-31-29-63(30-32-64)26-6-2-3-7-33-71-51-14-8-12-45-47(51)36-66(57(45)70)50-23-24-52(67)61-55(50)68/h4-5,8,11-22,34-35,50H,2-3,6-7,23-33,36-38H2,1H3,(H,58,60,62)(H,61,67,68). The summed E-state index contributed by atoms with van der Waals surface area (Å²) in [7, 11) is 1.87. The van der Waals surface area contributed by atoms with E-state index in [0.29, 0.717) is 68.4 Å². The Hall–Kier alpha value is -7.67. The van der Waals surface area contributed by atoms with Crippen LogP contribution in [0.1, 0.15) is 87.2 Å². The first-order chi connectivity index (χ1) is 35.3. The molecule has 0 aliphatic carbocycles. The number of imide groups is 1. The van der Waals surface area contributed by atoms with Gasteiger partial charge in [0.25, 0.3) is 11.8 Å². The van der Waals surface area contributed by atoms with Crippen molar-refractivity contribution in [3.8, 4) is 34.7 Å². The second-order valence-electron chi connectivity index (χ2n) is 18.8. The van der Waals surface area contributed by atoms with Gasteiger partial charge in [-0.1, -0.05) is 61.1 Å². The summed E-state index contributed by atoms with van der Waals surface area (Å²) in [6, 6.07) is 30.4. The molecule has 0 radical (unpaired) electrons. The first kappa shape index (κ1) is 48.0. The van der Waals surface area contributed by atoms with Crippen molar-refractivity contribution in [2.75, 3.05) is 64.8 Å². The monoisotopic (exact) mass is 965 g/mol. The van der Waals surface area contributed by atoms with Crippen molar-refractivity contribution in [2.45, 2.75) is 70.7 Å². The van der Waals surface area contributed by atoms with Gasteiger partial charge in [-0.3, -0.25) is 34.4 Å². The van der Waals surface area contributed by atoms with E-state index in [1.54, 1.807) is 17.2 Å². The van der Waals surface area contributed by atoms with E-state index in [-0.39, 0.29) is 24.1 Å². The molecule has 15 nitrogen and oxygen atoms in total. The molecule has 0 saturated carbocycles. The van der Waals surface area contributed by atoms with E-state index < -0.39 is 11.9 Å². The average molecular weight is 966 g/mol. The number of benzene rings is 4. The van der Waals surface area contributed by atoms with Gasteiger partial charge in [-0.15, -0.1) is 0 Å². The molecule has 1 atom stereocenters. The van der Waals surface area contributed by atoms with Gasteiger partial charge in [0, 0.05) is 91.2 Å². The molecule has 2 N–H and O–H groups in total. The third kappa shape index (κ3) is 11.1. The van der Waals surface area contributed by atoms with Crippen LogP contribution in [0.25, 0.3) is 22.3 Å². The summed E-state index contributed by atoms with van der Waals surface area (Å²) in [6.45, 7) is 8.15. The number of unbranched alkanes of at least 4 members (excludes halogenated alkanes) is 3. The number of piperidine rings is 1. The zero-order chi connectivity index (χ0) is 49.4. The zero-order valence-corrected chi connectivity index (χ0v) is 40.7. The van der Waals surface area contributed by atoms with Crippen LogP contribution in [-0.2, 0) is 35.7 Å². The van der Waals surface area contributed by atoms with Crippen LogP contribution in [0.3, 0.4) is 0 Å². The van der Waals surface area contributed by atoms with Gasteiger partial charge in [-0.05, 0) is 98.5 Å². The highest BCUT2D eigenvalue weighted by Gasteiger charge is 2.40. The van der Waals surface area contributed by atoms with Gasteiger partial charge in [-0.2, -0.15) is 0 Å². The first-order valence-electron chi connectivity index (χ1n) is 25.1. The van der Waals surface area contributed by atoms with Gasteiger partial charge in [0.15, 0.2) is 5.82 Å². The Morgan fingerprint density at radius 2 is 1.61 bits per heavy atom. The number of hydrogen-bond acceptors (Lipinski definition) is 12. The van der Waals surface area contributed by atoms with Gasteiger partial charge in [0.1, 0.15) is 30.0 Å². The lowest BCUT2D eigenvalue weighted by atomic mass is 10.0. The number of amides is 4. The molecule has 2 aromatic heterocycles. The van der Waals surface area contributed by atoms with E-state index in [4.69, 9.17) is 19.4 Å². The number of anilines is 1. The highest BCUT2D eigenvalue weighted by molar-refractivity contribution is 6.05. The Morgan fingerprint density at radius 3 is 2.43 bits per heavy atom. The van der Waals surface area contributed by atoms with Crippen molar-refractivity contribution in [1.29, 1.82) is 0 Å². The lowest BCUT2D eigenvalue weighted by molar-refractivity contribution is -0.136. The number of carbonyl (C=O) groups excluding carboxylic acids is 4. The molecule has 4 aliphatic heterocycles. The molecule has 10 rings (SSSR count). The van der Waals surface area contributed by atoms with Crippen LogP contribution in [0.5, 0.6) is 11.5 Å². The molecule has 6 aromatic rings. The third-order valence-electron chi connectivity index (χ3n) is 14.1. The minimum absolute atomic E-state index is 0.0347. The third-order valence-corrected chi connectivity index (χ3v) is 14.1. The SMILES string of the molecule is CNc1nc(-c2cnc3ccccc3c2)nc2c1CCN(C(=O)c1ccc(COc3ccc(C#CCN4CCN(CCCCCCOc5cccc6c5CN(C5CCC(=O)NC5=O)C6=O)CC4)cc3)cc1)C2. The van der Waals surface area contributed by atoms with E-state index in [9.17, 15) is 19.2 Å². The van der Waals surface area contributed by atoms with Gasteiger partial charge in [0.2, 0.25) is 11.8 Å². The highest BCUT2D eigenvalue weighted by Crippen LogP contribution is 2.34. The molecule has 1 unspecified atom stereocenters. The number of piperazine rings is 1. The second-order valence-corrected chi connectivity index (χ2v) is 18.8. The average Bonchev–Trinajstić information content (AvgIpc) is 3.75. The number of nitrogens with one attached hydrogen (secondary N) is 2. The number of rotatable bonds is 16. The van der Waals surface area contributed by atoms with E-state index >= 15 is 0 Å². The predicted octanol–water partition coefficient (Wildman–Crippen LogP) is 6.88. The number of carbonyl (C=O) groups is 4. The van der Waals surface area contributed by atoms with Crippen LogP contribution < -0.4 is 20.1 Å². The number of hydrogen-bond donors (Lipinski definition) is 2. The smallest absolute Gasteiger partial charge is 0.255 e. The zero-order valence-electron chi connectivity index (χ0n) is 40.7. The number of para-hydroxylation sites is 1. The molecule has 2 fully saturated rings. The largest absolute Gasteiger partial charge is 0.493 e. The van der Waals surface area contributed by atoms with Crippen molar-refractivity contribution in [3.05, 3.63) is 142 Å². The Labute approximate surface area is 419 Å². The summed E-state index contributed by atoms with van der Waals surface area (Å²) in [4.78, 5) is 73.6. The maximum Gasteiger partial charge on any atom is 0.255 e. The molecule has 15 heteroatoms. The fourth-order valence-electron chi connectivity index (χ4n) is 9.95. The van der Waals surface area contributed by atoms with E-state index in [1.807, 2.05) is 96.9 Å². The predicted molar refractivity (Wildman–Crippen MR) is 274 cm³/mol. The van der Waals surface area contributed by atoms with Gasteiger partial charge >= 0.3 is 0 Å². The summed E-state index contributed by atoms with van der Waals surface area (Å²) < 4.78 is 12.2. The minimum Gasteiger partial charge on any atom is -0.493 e. The summed E-state index contributed by atoms with van der Waals surface area (Å²) in [5.74, 6) is 8.58. The molecule has 368 valence electrons. The van der Waals surface area contributed by atoms with Crippen LogP contribution in [-0.4, -0.2) is 124 Å². The Balaban J connectivity index is 0.606. The van der Waals surface area contributed by atoms with Gasteiger partial charge in [-0.25, -0.2) is 9.97 Å². The Kier molecular flexibility index (Phi) is 14.8. The fourth-order valence-corrected chi connectivity index (χ4v) is 9.95. The number of ether oxygens (including phenoxy) is 2. The molecule has 0 spiro atoms. The lowest BCUT2D eigenvalue weighted by Gasteiger charge is -2.33. The Bertz CT molecular complexity index is 3030. The maximum absolute atomic E-state index is 13.7. The van der Waals surface area contributed by atoms with Crippen molar-refractivity contribution >= 4 is 40.3 Å². The molecule has 4 aromatic carbocycles. The van der Waals surface area contributed by atoms with Gasteiger partial charge in [0.05, 0.1) is 37.5 Å². The summed E-state index contributed by atoms with van der Waals surface area (Å²) in [6.07, 6.45) is 7.30. The van der Waals surface area contributed by atoms with Gasteiger partial charge < -0.3 is 29.5 Å². The molecular formula is C57H59N9O6. The topological polar surface area (TPSA) is 162 Å². The van der Waals surface area contributed by atoms with Crippen LogP contribution in [0.4, 0.5) is 5.82 Å². The number of pyridine rings is 1. The minimum atomic E-state index is -0.635. The van der Waals surface area contributed by atoms with Crippen LogP contribution >= 0.6 is 0 Å². The normalized spacial score (nSPS) is 17.0. The van der Waals surface area contributed by atoms with Crippen LogP contribution in [0.15, 0.2) is 103 Å². The number of fused-ring (bicyclic) bond motifs is 3. The molecule has 4 aliphatic rings. The molecule has 0 bridgehead atoms. The van der Waals surface area contributed by atoms with Crippen molar-refractivity contribution in [1.82, 2.24) is 39.9 Å². The maximum atomic E-state index is 13.7. The van der Waals surface area contributed by atoms with E-state index in [2.05, 4.69) is 43.3 Å². The van der Waals surface area contributed by atoms with Crippen LogP contribution in [0, 0.1) is 11.8 Å². The van der Waals surface area contributed by atoms with Crippen molar-refractivity contribution in [2.24, 2.45) is 0 Å². The van der Waals surface area contributed by atoms with Crippen molar-refractivity contribution in [3.63, 3.8) is 0 Å².